The SMILES string of the molecule is Cc1nn(C)c(CC(C)C)c1CCOc1cc(F)ccc1-c1ccc(=N)n(C(=N)CN(C)C)c1. The summed E-state index contributed by atoms with van der Waals surface area (Å²) in [6.45, 7) is 7.18. The maximum atomic E-state index is 14.1. The van der Waals surface area contributed by atoms with Gasteiger partial charge >= 0.3 is 0 Å². The maximum absolute atomic E-state index is 14.1. The molecule has 0 atom stereocenters. The highest BCUT2D eigenvalue weighted by Gasteiger charge is 2.16. The first-order chi connectivity index (χ1) is 16.1. The molecule has 3 aromatic rings. The lowest BCUT2D eigenvalue weighted by atomic mass is 10.0. The first-order valence-corrected chi connectivity index (χ1v) is 11.5. The van der Waals surface area contributed by atoms with E-state index in [0.29, 0.717) is 31.2 Å². The molecule has 182 valence electrons. The Labute approximate surface area is 200 Å². The summed E-state index contributed by atoms with van der Waals surface area (Å²) in [5.41, 5.74) is 5.08. The Balaban J connectivity index is 1.86. The Morgan fingerprint density at radius 3 is 2.62 bits per heavy atom. The predicted molar refractivity (Wildman–Crippen MR) is 133 cm³/mol. The van der Waals surface area contributed by atoms with Crippen LogP contribution in [0.15, 0.2) is 36.5 Å². The number of benzene rings is 1. The molecule has 0 amide bonds. The van der Waals surface area contributed by atoms with Crippen LogP contribution in [0.4, 0.5) is 4.39 Å². The summed E-state index contributed by atoms with van der Waals surface area (Å²) < 4.78 is 23.7. The zero-order valence-corrected chi connectivity index (χ0v) is 20.9. The van der Waals surface area contributed by atoms with Crippen molar-refractivity contribution in [2.75, 3.05) is 27.2 Å². The van der Waals surface area contributed by atoms with Crippen molar-refractivity contribution in [3.05, 3.63) is 64.8 Å². The third-order valence-electron chi connectivity index (χ3n) is 5.65. The maximum Gasteiger partial charge on any atom is 0.130 e. The minimum absolute atomic E-state index is 0.213. The number of hydrogen-bond acceptors (Lipinski definition) is 5. The van der Waals surface area contributed by atoms with Crippen molar-refractivity contribution < 1.29 is 9.13 Å². The summed E-state index contributed by atoms with van der Waals surface area (Å²) in [5, 5.41) is 21.1. The number of aromatic nitrogens is 3. The lowest BCUT2D eigenvalue weighted by molar-refractivity contribution is 0.320. The Morgan fingerprint density at radius 1 is 1.21 bits per heavy atom. The number of nitrogens with zero attached hydrogens (tertiary/aromatic N) is 4. The fourth-order valence-electron chi connectivity index (χ4n) is 4.09. The minimum atomic E-state index is -0.373. The van der Waals surface area contributed by atoms with Gasteiger partial charge in [0.1, 0.15) is 22.9 Å². The second kappa shape index (κ2) is 10.8. The van der Waals surface area contributed by atoms with Gasteiger partial charge in [0.2, 0.25) is 0 Å². The Hall–Kier alpha value is -3.26. The smallest absolute Gasteiger partial charge is 0.130 e. The summed E-state index contributed by atoms with van der Waals surface area (Å²) in [6.07, 6.45) is 3.35. The van der Waals surface area contributed by atoms with Crippen molar-refractivity contribution in [3.8, 4) is 16.9 Å². The van der Waals surface area contributed by atoms with Gasteiger partial charge in [-0.3, -0.25) is 20.1 Å². The first kappa shape index (κ1) is 25.4. The van der Waals surface area contributed by atoms with Crippen molar-refractivity contribution in [2.24, 2.45) is 13.0 Å². The van der Waals surface area contributed by atoms with Crippen LogP contribution < -0.4 is 10.2 Å². The molecule has 7 nitrogen and oxygen atoms in total. The highest BCUT2D eigenvalue weighted by molar-refractivity contribution is 5.84. The molecule has 0 aliphatic rings. The van der Waals surface area contributed by atoms with Gasteiger partial charge in [-0.05, 0) is 63.2 Å². The molecule has 34 heavy (non-hydrogen) atoms. The fourth-order valence-corrected chi connectivity index (χ4v) is 4.09. The molecule has 2 N–H and O–H groups in total. The number of rotatable bonds is 9. The predicted octanol–water partition coefficient (Wildman–Crippen LogP) is 4.02. The number of likely N-dealkylation sites (N-methyl/N-ethyl adjacent to an activating group) is 1. The van der Waals surface area contributed by atoms with E-state index < -0.39 is 0 Å². The molecule has 0 fully saturated rings. The lowest BCUT2D eigenvalue weighted by Crippen LogP contribution is -2.33. The molecule has 0 aliphatic heterocycles. The number of ether oxygens (including phenoxy) is 1. The summed E-state index contributed by atoms with van der Waals surface area (Å²) in [7, 11) is 5.73. The van der Waals surface area contributed by atoms with Gasteiger partial charge in [-0.15, -0.1) is 0 Å². The van der Waals surface area contributed by atoms with Crippen LogP contribution in [0.3, 0.4) is 0 Å². The van der Waals surface area contributed by atoms with Crippen LogP contribution >= 0.6 is 0 Å². The van der Waals surface area contributed by atoms with Gasteiger partial charge < -0.3 is 9.64 Å². The van der Waals surface area contributed by atoms with E-state index in [1.54, 1.807) is 24.4 Å². The molecule has 0 unspecified atom stereocenters. The van der Waals surface area contributed by atoms with E-state index >= 15 is 0 Å². The van der Waals surface area contributed by atoms with Crippen LogP contribution in [0.1, 0.15) is 30.8 Å². The van der Waals surface area contributed by atoms with Gasteiger partial charge in [0.05, 0.1) is 18.8 Å². The summed E-state index contributed by atoms with van der Waals surface area (Å²) >= 11 is 0. The highest BCUT2D eigenvalue weighted by atomic mass is 19.1. The molecular weight excluding hydrogens is 431 g/mol. The highest BCUT2D eigenvalue weighted by Crippen LogP contribution is 2.30. The van der Waals surface area contributed by atoms with Gasteiger partial charge in [-0.1, -0.05) is 13.8 Å². The lowest BCUT2D eigenvalue weighted by Gasteiger charge is -2.16. The monoisotopic (exact) mass is 466 g/mol. The minimum Gasteiger partial charge on any atom is -0.492 e. The fraction of sp³-hybridized carbons (Fsp3) is 0.423. The summed E-state index contributed by atoms with van der Waals surface area (Å²) in [6, 6.07) is 7.92. The molecule has 0 saturated carbocycles. The van der Waals surface area contributed by atoms with Crippen molar-refractivity contribution in [1.82, 2.24) is 19.2 Å². The number of nitrogens with one attached hydrogen (secondary N) is 2. The number of pyridine rings is 1. The molecule has 3 rings (SSSR count). The van der Waals surface area contributed by atoms with E-state index in [1.807, 2.05) is 37.6 Å². The largest absolute Gasteiger partial charge is 0.492 e. The summed E-state index contributed by atoms with van der Waals surface area (Å²) in [4.78, 5) is 1.88. The quantitative estimate of drug-likeness (QED) is 0.369. The second-order valence-electron chi connectivity index (χ2n) is 9.33. The van der Waals surface area contributed by atoms with E-state index in [2.05, 4.69) is 18.9 Å². The molecule has 0 saturated heterocycles. The van der Waals surface area contributed by atoms with Crippen LogP contribution in [0, 0.1) is 29.5 Å². The van der Waals surface area contributed by atoms with Crippen molar-refractivity contribution in [1.29, 1.82) is 10.8 Å². The average Bonchev–Trinajstić information content (AvgIpc) is 3.00. The zero-order valence-electron chi connectivity index (χ0n) is 20.9. The molecule has 2 aromatic heterocycles. The van der Waals surface area contributed by atoms with E-state index in [0.717, 1.165) is 23.2 Å². The van der Waals surface area contributed by atoms with Gasteiger partial charge in [0, 0.05) is 42.6 Å². The molecule has 8 heteroatoms. The Bertz CT molecular complexity index is 1220. The van der Waals surface area contributed by atoms with E-state index in [1.165, 1.54) is 28.0 Å². The van der Waals surface area contributed by atoms with Gasteiger partial charge in [0.25, 0.3) is 0 Å². The van der Waals surface area contributed by atoms with Crippen LogP contribution in [-0.4, -0.2) is 52.3 Å². The molecule has 0 aliphatic carbocycles. The second-order valence-corrected chi connectivity index (χ2v) is 9.33. The topological polar surface area (TPSA) is 82.9 Å². The molecular formula is C26H35FN6O. The van der Waals surface area contributed by atoms with Crippen molar-refractivity contribution in [3.63, 3.8) is 0 Å². The molecule has 0 bridgehead atoms. The third-order valence-corrected chi connectivity index (χ3v) is 5.65. The standard InChI is InChI=1S/C26H35FN6O/c1-17(2)13-23-21(18(3)30-32(23)6)11-12-34-24-14-20(27)8-9-22(24)19-7-10-25(28)33(15-19)26(29)16-31(4)5/h7-10,14-15,17,28-29H,11-13,16H2,1-6H3. The van der Waals surface area contributed by atoms with Crippen molar-refractivity contribution >= 4 is 5.84 Å². The Kier molecular flexibility index (Phi) is 8.04. The zero-order chi connectivity index (χ0) is 25.0. The number of hydrogen-bond donors (Lipinski definition) is 2. The number of aryl methyl sites for hydroxylation is 2. The third kappa shape index (κ3) is 5.99. The van der Waals surface area contributed by atoms with Crippen molar-refractivity contribution in [2.45, 2.75) is 33.6 Å². The van der Waals surface area contributed by atoms with Crippen LogP contribution in [-0.2, 0) is 19.9 Å². The van der Waals surface area contributed by atoms with Gasteiger partial charge in [-0.25, -0.2) is 4.39 Å². The summed E-state index contributed by atoms with van der Waals surface area (Å²) in [5.74, 6) is 0.867. The molecule has 1 aromatic carbocycles. The van der Waals surface area contributed by atoms with Gasteiger partial charge in [0.15, 0.2) is 0 Å². The van der Waals surface area contributed by atoms with Crippen LogP contribution in [0.5, 0.6) is 5.75 Å². The van der Waals surface area contributed by atoms with E-state index in [9.17, 15) is 4.39 Å². The number of halogens is 1. The normalized spacial score (nSPS) is 11.4. The van der Waals surface area contributed by atoms with E-state index in [4.69, 9.17) is 15.6 Å². The van der Waals surface area contributed by atoms with Crippen LogP contribution in [0.25, 0.3) is 11.1 Å². The average molecular weight is 467 g/mol. The molecule has 2 heterocycles. The van der Waals surface area contributed by atoms with Crippen LogP contribution in [0.2, 0.25) is 0 Å². The Morgan fingerprint density at radius 2 is 1.94 bits per heavy atom. The first-order valence-electron chi connectivity index (χ1n) is 11.5. The molecule has 0 spiro atoms. The molecule has 0 radical (unpaired) electrons. The van der Waals surface area contributed by atoms with E-state index in [-0.39, 0.29) is 17.1 Å². The van der Waals surface area contributed by atoms with Gasteiger partial charge in [-0.2, -0.15) is 5.10 Å².